The zero-order valence-corrected chi connectivity index (χ0v) is 13.1. The van der Waals surface area contributed by atoms with Crippen LogP contribution in [0.4, 0.5) is 5.69 Å². The van der Waals surface area contributed by atoms with Crippen molar-refractivity contribution in [1.29, 1.82) is 0 Å². The second kappa shape index (κ2) is 6.43. The first-order valence-corrected chi connectivity index (χ1v) is 8.13. The molecule has 0 bridgehead atoms. The zero-order valence-electron chi connectivity index (χ0n) is 11.5. The van der Waals surface area contributed by atoms with Gasteiger partial charge in [0.25, 0.3) is 0 Å². The first-order chi connectivity index (χ1) is 9.91. The number of benzene rings is 1. The predicted octanol–water partition coefficient (Wildman–Crippen LogP) is 2.18. The lowest BCUT2D eigenvalue weighted by atomic mass is 10.2. The minimum atomic E-state index is -3.62. The summed E-state index contributed by atoms with van der Waals surface area (Å²) in [4.78, 5) is 4.00. The molecule has 2 aromatic rings. The van der Waals surface area contributed by atoms with E-state index in [-0.39, 0.29) is 10.6 Å². The normalized spacial score (nSPS) is 11.8. The third-order valence-corrected chi connectivity index (χ3v) is 5.29. The monoisotopic (exact) mass is 325 g/mol. The number of anilines is 1. The number of pyridine rings is 1. The van der Waals surface area contributed by atoms with Crippen LogP contribution in [-0.4, -0.2) is 31.3 Å². The van der Waals surface area contributed by atoms with E-state index in [2.05, 4.69) is 4.98 Å². The molecule has 0 radical (unpaired) electrons. The summed E-state index contributed by atoms with van der Waals surface area (Å²) < 4.78 is 26.2. The molecule has 0 aliphatic rings. The lowest BCUT2D eigenvalue weighted by Crippen LogP contribution is -2.29. The van der Waals surface area contributed by atoms with Crippen LogP contribution in [0.1, 0.15) is 5.56 Å². The molecule has 0 saturated carbocycles. The number of halogens is 1. The molecule has 1 heterocycles. The number of nitrogen functional groups attached to an aromatic ring is 1. The van der Waals surface area contributed by atoms with Gasteiger partial charge in [-0.2, -0.15) is 0 Å². The predicted molar refractivity (Wildman–Crippen MR) is 83.6 cm³/mol. The number of sulfonamides is 1. The average molecular weight is 326 g/mol. The highest BCUT2D eigenvalue weighted by Crippen LogP contribution is 2.24. The highest BCUT2D eigenvalue weighted by atomic mass is 35.5. The molecule has 2 rings (SSSR count). The van der Waals surface area contributed by atoms with Crippen molar-refractivity contribution in [3.8, 4) is 0 Å². The standard InChI is InChI=1S/C14H16ClN3O2S/c1-18(9-6-11-4-7-17-8-5-11)21(19,20)14-3-2-12(15)10-13(14)16/h2-5,7-8,10H,6,9,16H2,1H3. The average Bonchev–Trinajstić information content (AvgIpc) is 2.45. The minimum Gasteiger partial charge on any atom is -0.398 e. The number of rotatable bonds is 5. The molecular weight excluding hydrogens is 310 g/mol. The van der Waals surface area contributed by atoms with Gasteiger partial charge in [-0.25, -0.2) is 12.7 Å². The third kappa shape index (κ3) is 3.72. The fraction of sp³-hybridized carbons (Fsp3) is 0.214. The number of nitrogens with zero attached hydrogens (tertiary/aromatic N) is 2. The molecule has 0 aliphatic carbocycles. The molecule has 0 amide bonds. The topological polar surface area (TPSA) is 76.3 Å². The van der Waals surface area contributed by atoms with E-state index in [4.69, 9.17) is 17.3 Å². The van der Waals surface area contributed by atoms with Crippen LogP contribution in [0.3, 0.4) is 0 Å². The van der Waals surface area contributed by atoms with Crippen LogP contribution in [0.25, 0.3) is 0 Å². The fourth-order valence-corrected chi connectivity index (χ4v) is 3.32. The Balaban J connectivity index is 2.15. The summed E-state index contributed by atoms with van der Waals surface area (Å²) in [5.41, 5.74) is 6.93. The van der Waals surface area contributed by atoms with Gasteiger partial charge in [-0.1, -0.05) is 11.6 Å². The van der Waals surface area contributed by atoms with Crippen molar-refractivity contribution < 1.29 is 8.42 Å². The maximum atomic E-state index is 12.5. The Morgan fingerprint density at radius 2 is 1.90 bits per heavy atom. The van der Waals surface area contributed by atoms with E-state index in [9.17, 15) is 8.42 Å². The number of aromatic nitrogens is 1. The third-order valence-electron chi connectivity index (χ3n) is 3.12. The van der Waals surface area contributed by atoms with E-state index in [1.165, 1.54) is 29.6 Å². The Hall–Kier alpha value is -1.63. The minimum absolute atomic E-state index is 0.0733. The van der Waals surface area contributed by atoms with Crippen LogP contribution in [0, 0.1) is 0 Å². The van der Waals surface area contributed by atoms with Crippen molar-refractivity contribution in [2.24, 2.45) is 0 Å². The highest BCUT2D eigenvalue weighted by Gasteiger charge is 2.23. The number of hydrogen-bond acceptors (Lipinski definition) is 4. The van der Waals surface area contributed by atoms with Gasteiger partial charge in [-0.3, -0.25) is 4.98 Å². The molecule has 0 saturated heterocycles. The molecule has 112 valence electrons. The van der Waals surface area contributed by atoms with Gasteiger partial charge >= 0.3 is 0 Å². The molecule has 0 atom stereocenters. The Bertz CT molecular complexity index is 720. The summed E-state index contributed by atoms with van der Waals surface area (Å²) in [6, 6.07) is 8.09. The lowest BCUT2D eigenvalue weighted by Gasteiger charge is -2.18. The van der Waals surface area contributed by atoms with E-state index in [0.717, 1.165) is 5.56 Å². The number of nitrogens with two attached hydrogens (primary N) is 1. The zero-order chi connectivity index (χ0) is 15.5. The quantitative estimate of drug-likeness (QED) is 0.855. The van der Waals surface area contributed by atoms with Crippen LogP contribution < -0.4 is 5.73 Å². The smallest absolute Gasteiger partial charge is 0.244 e. The second-order valence-corrected chi connectivity index (χ2v) is 7.06. The van der Waals surface area contributed by atoms with Gasteiger partial charge in [0.05, 0.1) is 5.69 Å². The summed E-state index contributed by atoms with van der Waals surface area (Å²) in [6.45, 7) is 0.356. The fourth-order valence-electron chi connectivity index (χ4n) is 1.88. The van der Waals surface area contributed by atoms with Crippen LogP contribution >= 0.6 is 11.6 Å². The van der Waals surface area contributed by atoms with Gasteiger partial charge in [0, 0.05) is 31.0 Å². The second-order valence-electron chi connectivity index (χ2n) is 4.61. The Labute approximate surface area is 129 Å². The van der Waals surface area contributed by atoms with Crippen LogP contribution in [0.15, 0.2) is 47.6 Å². The molecule has 1 aromatic heterocycles. The Morgan fingerprint density at radius 3 is 2.52 bits per heavy atom. The Morgan fingerprint density at radius 1 is 1.24 bits per heavy atom. The van der Waals surface area contributed by atoms with Crippen molar-refractivity contribution in [2.75, 3.05) is 19.3 Å². The molecule has 5 nitrogen and oxygen atoms in total. The van der Waals surface area contributed by atoms with E-state index in [0.29, 0.717) is 18.0 Å². The Kier molecular flexibility index (Phi) is 4.82. The van der Waals surface area contributed by atoms with Gasteiger partial charge in [-0.15, -0.1) is 0 Å². The van der Waals surface area contributed by atoms with Crippen molar-refractivity contribution in [2.45, 2.75) is 11.3 Å². The number of likely N-dealkylation sites (N-methyl/N-ethyl adjacent to an activating group) is 1. The summed E-state index contributed by atoms with van der Waals surface area (Å²) >= 11 is 5.79. The van der Waals surface area contributed by atoms with Crippen molar-refractivity contribution in [1.82, 2.24) is 9.29 Å². The van der Waals surface area contributed by atoms with E-state index < -0.39 is 10.0 Å². The first-order valence-electron chi connectivity index (χ1n) is 6.31. The van der Waals surface area contributed by atoms with Gasteiger partial charge in [0.15, 0.2) is 0 Å². The molecule has 0 fully saturated rings. The molecule has 0 spiro atoms. The van der Waals surface area contributed by atoms with Crippen LogP contribution in [0.2, 0.25) is 5.02 Å². The summed E-state index contributed by atoms with van der Waals surface area (Å²) in [7, 11) is -2.09. The van der Waals surface area contributed by atoms with Gasteiger partial charge in [0.1, 0.15) is 4.90 Å². The van der Waals surface area contributed by atoms with E-state index in [1.807, 2.05) is 12.1 Å². The van der Waals surface area contributed by atoms with Gasteiger partial charge in [-0.05, 0) is 42.3 Å². The highest BCUT2D eigenvalue weighted by molar-refractivity contribution is 7.89. The van der Waals surface area contributed by atoms with Crippen molar-refractivity contribution in [3.63, 3.8) is 0 Å². The maximum absolute atomic E-state index is 12.5. The van der Waals surface area contributed by atoms with Crippen molar-refractivity contribution in [3.05, 3.63) is 53.3 Å². The van der Waals surface area contributed by atoms with E-state index in [1.54, 1.807) is 12.4 Å². The summed E-state index contributed by atoms with van der Waals surface area (Å²) in [5.74, 6) is 0. The van der Waals surface area contributed by atoms with Gasteiger partial charge in [0.2, 0.25) is 10.0 Å². The molecule has 1 aromatic carbocycles. The van der Waals surface area contributed by atoms with Gasteiger partial charge < -0.3 is 5.73 Å². The molecule has 2 N–H and O–H groups in total. The molecule has 0 aliphatic heterocycles. The summed E-state index contributed by atoms with van der Waals surface area (Å²) in [5, 5.41) is 0.408. The van der Waals surface area contributed by atoms with E-state index >= 15 is 0 Å². The lowest BCUT2D eigenvalue weighted by molar-refractivity contribution is 0.473. The SMILES string of the molecule is CN(CCc1ccncc1)S(=O)(=O)c1ccc(Cl)cc1N. The molecule has 0 unspecified atom stereocenters. The molecule has 21 heavy (non-hydrogen) atoms. The van der Waals surface area contributed by atoms with Crippen molar-refractivity contribution >= 4 is 27.3 Å². The van der Waals surface area contributed by atoms with Crippen LogP contribution in [-0.2, 0) is 16.4 Å². The first kappa shape index (κ1) is 15.8. The maximum Gasteiger partial charge on any atom is 0.244 e. The summed E-state index contributed by atoms with van der Waals surface area (Å²) in [6.07, 6.45) is 3.97. The largest absolute Gasteiger partial charge is 0.398 e. The number of hydrogen-bond donors (Lipinski definition) is 1. The molecule has 7 heteroatoms. The van der Waals surface area contributed by atoms with Crippen LogP contribution in [0.5, 0.6) is 0 Å². The molecular formula is C14H16ClN3O2S.